The molecule has 0 heterocycles. The monoisotopic (exact) mass is 342 g/mol. The Hall–Kier alpha value is -2.94. The van der Waals surface area contributed by atoms with Crippen molar-refractivity contribution in [3.63, 3.8) is 0 Å². The number of hydrogen-bond acceptors (Lipinski definition) is 3. The van der Waals surface area contributed by atoms with E-state index < -0.39 is 23.1 Å². The number of benzene rings is 2. The fraction of sp³-hybridized carbons (Fsp3) is 0.263. The molecule has 2 aromatic carbocycles. The molecule has 0 unspecified atom stereocenters. The van der Waals surface area contributed by atoms with Crippen molar-refractivity contribution in [2.24, 2.45) is 0 Å². The molecular weight excluding hydrogens is 326 g/mol. The minimum absolute atomic E-state index is 0.115. The fourth-order valence-electron chi connectivity index (χ4n) is 2.80. The van der Waals surface area contributed by atoms with Gasteiger partial charge in [0.15, 0.2) is 0 Å². The van der Waals surface area contributed by atoms with Crippen LogP contribution >= 0.6 is 0 Å². The number of halogens is 2. The minimum Gasteiger partial charge on any atom is -0.494 e. The van der Waals surface area contributed by atoms with E-state index in [1.165, 1.54) is 0 Å². The second-order valence-electron chi connectivity index (χ2n) is 5.85. The molecule has 1 saturated carbocycles. The predicted octanol–water partition coefficient (Wildman–Crippen LogP) is 3.52. The second kappa shape index (κ2) is 6.89. The number of nitriles is 1. The average molecular weight is 342 g/mol. The van der Waals surface area contributed by atoms with Crippen molar-refractivity contribution in [3.8, 4) is 11.8 Å². The van der Waals surface area contributed by atoms with Gasteiger partial charge in [0.2, 0.25) is 0 Å². The van der Waals surface area contributed by atoms with Gasteiger partial charge in [0.1, 0.15) is 22.9 Å². The molecule has 3 rings (SSSR count). The van der Waals surface area contributed by atoms with Crippen molar-refractivity contribution in [2.75, 3.05) is 6.61 Å². The fourth-order valence-corrected chi connectivity index (χ4v) is 2.80. The van der Waals surface area contributed by atoms with E-state index >= 15 is 0 Å². The van der Waals surface area contributed by atoms with Crippen LogP contribution in [0.1, 0.15) is 40.7 Å². The van der Waals surface area contributed by atoms with Gasteiger partial charge in [0.05, 0.1) is 18.2 Å². The van der Waals surface area contributed by atoms with Crippen LogP contribution < -0.4 is 10.1 Å². The van der Waals surface area contributed by atoms with Crippen molar-refractivity contribution in [3.05, 3.63) is 64.7 Å². The number of ether oxygens (including phenoxy) is 1. The van der Waals surface area contributed by atoms with Gasteiger partial charge in [-0.05, 0) is 43.2 Å². The van der Waals surface area contributed by atoms with Gasteiger partial charge >= 0.3 is 0 Å². The van der Waals surface area contributed by atoms with Gasteiger partial charge < -0.3 is 10.1 Å². The lowest BCUT2D eigenvalue weighted by atomic mass is 10.1. The summed E-state index contributed by atoms with van der Waals surface area (Å²) < 4.78 is 33.2. The van der Waals surface area contributed by atoms with Crippen molar-refractivity contribution in [1.82, 2.24) is 5.32 Å². The van der Waals surface area contributed by atoms with Gasteiger partial charge in [-0.3, -0.25) is 4.79 Å². The maximum atomic E-state index is 13.9. The van der Waals surface area contributed by atoms with Crippen LogP contribution in [0.5, 0.6) is 5.75 Å². The molecule has 0 bridgehead atoms. The lowest BCUT2D eigenvalue weighted by Crippen LogP contribution is -2.28. The molecule has 0 aromatic heterocycles. The summed E-state index contributed by atoms with van der Waals surface area (Å²) in [5.74, 6) is -1.99. The quantitative estimate of drug-likeness (QED) is 0.904. The van der Waals surface area contributed by atoms with E-state index in [-0.39, 0.29) is 17.5 Å². The number of carbonyl (C=O) groups is 1. The summed E-state index contributed by atoms with van der Waals surface area (Å²) in [6.45, 7) is 2.49. The third kappa shape index (κ3) is 3.61. The van der Waals surface area contributed by atoms with Crippen LogP contribution in [0.3, 0.4) is 0 Å². The van der Waals surface area contributed by atoms with Crippen molar-refractivity contribution >= 4 is 5.91 Å². The standard InChI is InChI=1S/C19H16F2N2O2/c1-2-25-13-5-3-12(4-6-13)14-9-17(14)23-19(24)18-15(20)7-11(10-22)8-16(18)21/h3-8,14,17H,2,9H2,1H3,(H,23,24)/t14-,17+/m0/s1. The Morgan fingerprint density at radius 3 is 2.48 bits per heavy atom. The summed E-state index contributed by atoms with van der Waals surface area (Å²) in [6.07, 6.45) is 0.708. The molecule has 6 heteroatoms. The zero-order chi connectivity index (χ0) is 18.0. The van der Waals surface area contributed by atoms with E-state index in [0.717, 1.165) is 23.4 Å². The van der Waals surface area contributed by atoms with E-state index in [0.29, 0.717) is 13.0 Å². The number of amides is 1. The van der Waals surface area contributed by atoms with E-state index in [1.54, 1.807) is 6.07 Å². The van der Waals surface area contributed by atoms with Gasteiger partial charge in [-0.15, -0.1) is 0 Å². The number of nitrogens with zero attached hydrogens (tertiary/aromatic N) is 1. The van der Waals surface area contributed by atoms with Crippen molar-refractivity contribution < 1.29 is 18.3 Å². The summed E-state index contributed by atoms with van der Waals surface area (Å²) in [4.78, 5) is 12.2. The molecule has 1 N–H and O–H groups in total. The molecule has 4 nitrogen and oxygen atoms in total. The van der Waals surface area contributed by atoms with Crippen LogP contribution in [0.2, 0.25) is 0 Å². The Morgan fingerprint density at radius 2 is 1.92 bits per heavy atom. The Balaban J connectivity index is 1.67. The first-order chi connectivity index (χ1) is 12.0. The topological polar surface area (TPSA) is 62.1 Å². The molecular formula is C19H16F2N2O2. The van der Waals surface area contributed by atoms with Crippen LogP contribution in [-0.4, -0.2) is 18.6 Å². The van der Waals surface area contributed by atoms with E-state index in [4.69, 9.17) is 10.00 Å². The molecule has 2 aromatic rings. The van der Waals surface area contributed by atoms with E-state index in [1.807, 2.05) is 31.2 Å². The lowest BCUT2D eigenvalue weighted by Gasteiger charge is -2.08. The summed E-state index contributed by atoms with van der Waals surface area (Å²) in [5, 5.41) is 11.3. The molecule has 1 fully saturated rings. The van der Waals surface area contributed by atoms with Crippen LogP contribution in [-0.2, 0) is 0 Å². The van der Waals surface area contributed by atoms with E-state index in [2.05, 4.69) is 5.32 Å². The third-order valence-electron chi connectivity index (χ3n) is 4.12. The first-order valence-electron chi connectivity index (χ1n) is 7.96. The molecule has 1 aliphatic carbocycles. The predicted molar refractivity (Wildman–Crippen MR) is 87.3 cm³/mol. The van der Waals surface area contributed by atoms with Crippen LogP contribution in [0.25, 0.3) is 0 Å². The second-order valence-corrected chi connectivity index (χ2v) is 5.85. The average Bonchev–Trinajstić information content (AvgIpc) is 3.34. The maximum Gasteiger partial charge on any atom is 0.257 e. The maximum absolute atomic E-state index is 13.9. The molecule has 0 aliphatic heterocycles. The highest BCUT2D eigenvalue weighted by Gasteiger charge is 2.40. The molecule has 1 amide bonds. The smallest absolute Gasteiger partial charge is 0.257 e. The van der Waals surface area contributed by atoms with E-state index in [9.17, 15) is 13.6 Å². The van der Waals surface area contributed by atoms with Gasteiger partial charge in [-0.25, -0.2) is 8.78 Å². The van der Waals surface area contributed by atoms with Crippen LogP contribution in [0.15, 0.2) is 36.4 Å². The number of hydrogen-bond donors (Lipinski definition) is 1. The Labute approximate surface area is 144 Å². The van der Waals surface area contributed by atoms with Crippen LogP contribution in [0, 0.1) is 23.0 Å². The largest absolute Gasteiger partial charge is 0.494 e. The summed E-state index contributed by atoms with van der Waals surface area (Å²) >= 11 is 0. The number of rotatable bonds is 5. The molecule has 2 atom stereocenters. The zero-order valence-corrected chi connectivity index (χ0v) is 13.6. The first kappa shape index (κ1) is 16.9. The highest BCUT2D eigenvalue weighted by molar-refractivity contribution is 5.95. The Kier molecular flexibility index (Phi) is 4.66. The van der Waals surface area contributed by atoms with Gasteiger partial charge in [0.25, 0.3) is 5.91 Å². The van der Waals surface area contributed by atoms with Crippen molar-refractivity contribution in [1.29, 1.82) is 5.26 Å². The van der Waals surface area contributed by atoms with Gasteiger partial charge in [0, 0.05) is 12.0 Å². The van der Waals surface area contributed by atoms with Gasteiger partial charge in [-0.2, -0.15) is 5.26 Å². The SMILES string of the molecule is CCOc1ccc([C@@H]2C[C@H]2NC(=O)c2c(F)cc(C#N)cc2F)cc1. The highest BCUT2D eigenvalue weighted by atomic mass is 19.1. The highest BCUT2D eigenvalue weighted by Crippen LogP contribution is 2.41. The molecule has 0 radical (unpaired) electrons. The Bertz CT molecular complexity index is 820. The number of nitrogens with one attached hydrogen (secondary N) is 1. The molecule has 128 valence electrons. The molecule has 0 spiro atoms. The number of carbonyl (C=O) groups excluding carboxylic acids is 1. The summed E-state index contributed by atoms with van der Waals surface area (Å²) in [7, 11) is 0. The first-order valence-corrected chi connectivity index (χ1v) is 7.96. The van der Waals surface area contributed by atoms with Crippen molar-refractivity contribution in [2.45, 2.75) is 25.3 Å². The Morgan fingerprint density at radius 1 is 1.28 bits per heavy atom. The van der Waals surface area contributed by atoms with Gasteiger partial charge in [-0.1, -0.05) is 12.1 Å². The molecule has 1 aliphatic rings. The minimum atomic E-state index is -1.03. The zero-order valence-electron chi connectivity index (χ0n) is 13.6. The molecule has 0 saturated heterocycles. The normalized spacial score (nSPS) is 18.3. The summed E-state index contributed by atoms with van der Waals surface area (Å²) in [6, 6.07) is 10.8. The van der Waals surface area contributed by atoms with Crippen LogP contribution in [0.4, 0.5) is 8.78 Å². The summed E-state index contributed by atoms with van der Waals surface area (Å²) in [5.41, 5.74) is 0.219. The third-order valence-corrected chi connectivity index (χ3v) is 4.12. The lowest BCUT2D eigenvalue weighted by molar-refractivity contribution is 0.0942. The molecule has 25 heavy (non-hydrogen) atoms.